The van der Waals surface area contributed by atoms with Crippen LogP contribution in [0.1, 0.15) is 12.0 Å². The number of anilines is 1. The van der Waals surface area contributed by atoms with Crippen LogP contribution in [0.2, 0.25) is 5.02 Å². The molecule has 0 fully saturated rings. The van der Waals surface area contributed by atoms with E-state index in [2.05, 4.69) is 15.5 Å². The Kier molecular flexibility index (Phi) is 8.41. The van der Waals surface area contributed by atoms with Crippen LogP contribution in [0.4, 0.5) is 5.69 Å². The minimum Gasteiger partial charge on any atom is -0.489 e. The lowest BCUT2D eigenvalue weighted by Crippen LogP contribution is -2.30. The number of amides is 1. The molecule has 0 heterocycles. The van der Waals surface area contributed by atoms with Gasteiger partial charge in [0, 0.05) is 10.7 Å². The van der Waals surface area contributed by atoms with Gasteiger partial charge in [0.05, 0.1) is 6.54 Å². The second-order valence-corrected chi connectivity index (χ2v) is 6.76. The SMILES string of the molecule is CN(C)CCCNCC(=O)Nc1ccc(OCc2ccc(Cl)cc2)cc1. The molecular formula is C20H26ClN3O2. The number of hydrogen-bond donors (Lipinski definition) is 2. The number of carbonyl (C=O) groups excluding carboxylic acids is 1. The average molecular weight is 376 g/mol. The third-order valence-corrected chi connectivity index (χ3v) is 3.95. The van der Waals surface area contributed by atoms with Gasteiger partial charge >= 0.3 is 0 Å². The molecule has 5 nitrogen and oxygen atoms in total. The fourth-order valence-corrected chi connectivity index (χ4v) is 2.44. The zero-order valence-electron chi connectivity index (χ0n) is 15.3. The van der Waals surface area contributed by atoms with E-state index in [1.807, 2.05) is 62.6 Å². The van der Waals surface area contributed by atoms with Crippen molar-refractivity contribution in [3.05, 3.63) is 59.1 Å². The van der Waals surface area contributed by atoms with E-state index in [1.54, 1.807) is 0 Å². The van der Waals surface area contributed by atoms with Gasteiger partial charge in [0.1, 0.15) is 12.4 Å². The number of benzene rings is 2. The summed E-state index contributed by atoms with van der Waals surface area (Å²) < 4.78 is 5.73. The maximum Gasteiger partial charge on any atom is 0.238 e. The molecule has 0 aliphatic rings. The third kappa shape index (κ3) is 7.87. The molecule has 0 spiro atoms. The molecule has 0 aliphatic carbocycles. The molecule has 26 heavy (non-hydrogen) atoms. The maximum absolute atomic E-state index is 11.9. The number of hydrogen-bond acceptors (Lipinski definition) is 4. The molecule has 140 valence electrons. The Morgan fingerprint density at radius 1 is 1.08 bits per heavy atom. The minimum atomic E-state index is -0.0512. The number of rotatable bonds is 10. The van der Waals surface area contributed by atoms with Crippen molar-refractivity contribution in [2.24, 2.45) is 0 Å². The Balaban J connectivity index is 1.69. The number of ether oxygens (including phenoxy) is 1. The van der Waals surface area contributed by atoms with E-state index in [1.165, 1.54) is 0 Å². The van der Waals surface area contributed by atoms with E-state index in [9.17, 15) is 4.79 Å². The zero-order valence-corrected chi connectivity index (χ0v) is 16.1. The standard InChI is InChI=1S/C20H26ClN3O2/c1-24(2)13-3-12-22-14-20(25)23-18-8-10-19(11-9-18)26-15-16-4-6-17(21)7-5-16/h4-11,22H,3,12-15H2,1-2H3,(H,23,25). The van der Waals surface area contributed by atoms with Crippen molar-refractivity contribution in [1.29, 1.82) is 0 Å². The van der Waals surface area contributed by atoms with E-state index in [4.69, 9.17) is 16.3 Å². The van der Waals surface area contributed by atoms with E-state index >= 15 is 0 Å². The monoisotopic (exact) mass is 375 g/mol. The van der Waals surface area contributed by atoms with Gasteiger partial charge in [0.2, 0.25) is 5.91 Å². The van der Waals surface area contributed by atoms with Crippen LogP contribution in [0.5, 0.6) is 5.75 Å². The smallest absolute Gasteiger partial charge is 0.238 e. The second kappa shape index (κ2) is 10.8. The normalized spacial score (nSPS) is 10.8. The molecule has 0 saturated carbocycles. The first-order valence-corrected chi connectivity index (χ1v) is 9.03. The highest BCUT2D eigenvalue weighted by molar-refractivity contribution is 6.30. The van der Waals surface area contributed by atoms with Gasteiger partial charge in [-0.3, -0.25) is 4.79 Å². The molecule has 0 bridgehead atoms. The number of nitrogens with zero attached hydrogens (tertiary/aromatic N) is 1. The predicted octanol–water partition coefficient (Wildman–Crippen LogP) is 3.40. The maximum atomic E-state index is 11.9. The summed E-state index contributed by atoms with van der Waals surface area (Å²) in [6, 6.07) is 14.9. The highest BCUT2D eigenvalue weighted by Gasteiger charge is 2.03. The van der Waals surface area contributed by atoms with Gasteiger partial charge in [0.15, 0.2) is 0 Å². The molecular weight excluding hydrogens is 350 g/mol. The van der Waals surface area contributed by atoms with Crippen LogP contribution < -0.4 is 15.4 Å². The first kappa shape index (κ1) is 20.2. The highest BCUT2D eigenvalue weighted by atomic mass is 35.5. The van der Waals surface area contributed by atoms with Crippen LogP contribution in [-0.4, -0.2) is 44.5 Å². The van der Waals surface area contributed by atoms with Gasteiger partial charge in [-0.1, -0.05) is 23.7 Å². The number of nitrogens with one attached hydrogen (secondary N) is 2. The lowest BCUT2D eigenvalue weighted by Gasteiger charge is -2.10. The predicted molar refractivity (Wildman–Crippen MR) is 107 cm³/mol. The summed E-state index contributed by atoms with van der Waals surface area (Å²) in [6.07, 6.45) is 1.01. The van der Waals surface area contributed by atoms with Crippen molar-refractivity contribution in [2.75, 3.05) is 39.0 Å². The number of halogens is 1. The van der Waals surface area contributed by atoms with Crippen molar-refractivity contribution in [2.45, 2.75) is 13.0 Å². The molecule has 0 saturated heterocycles. The Bertz CT molecular complexity index is 672. The van der Waals surface area contributed by atoms with Crippen molar-refractivity contribution in [3.8, 4) is 5.75 Å². The summed E-state index contributed by atoms with van der Waals surface area (Å²) >= 11 is 5.87. The highest BCUT2D eigenvalue weighted by Crippen LogP contribution is 2.17. The topological polar surface area (TPSA) is 53.6 Å². The van der Waals surface area contributed by atoms with Gasteiger partial charge < -0.3 is 20.3 Å². The van der Waals surface area contributed by atoms with Crippen LogP contribution in [0.25, 0.3) is 0 Å². The van der Waals surface area contributed by atoms with Gasteiger partial charge in [-0.15, -0.1) is 0 Å². The molecule has 2 N–H and O–H groups in total. The fourth-order valence-electron chi connectivity index (χ4n) is 2.31. The summed E-state index contributed by atoms with van der Waals surface area (Å²) in [4.78, 5) is 14.0. The second-order valence-electron chi connectivity index (χ2n) is 6.32. The number of carbonyl (C=O) groups is 1. The lowest BCUT2D eigenvalue weighted by atomic mass is 10.2. The Morgan fingerprint density at radius 3 is 2.42 bits per heavy atom. The third-order valence-electron chi connectivity index (χ3n) is 3.70. The first-order chi connectivity index (χ1) is 12.5. The molecule has 0 atom stereocenters. The van der Waals surface area contributed by atoms with E-state index in [-0.39, 0.29) is 5.91 Å². The lowest BCUT2D eigenvalue weighted by molar-refractivity contribution is -0.115. The van der Waals surface area contributed by atoms with Crippen molar-refractivity contribution >= 4 is 23.2 Å². The van der Waals surface area contributed by atoms with Gasteiger partial charge in [-0.05, 0) is 75.6 Å². The van der Waals surface area contributed by atoms with E-state index < -0.39 is 0 Å². The molecule has 0 aliphatic heterocycles. The van der Waals surface area contributed by atoms with Gasteiger partial charge in [-0.25, -0.2) is 0 Å². The minimum absolute atomic E-state index is 0.0512. The summed E-state index contributed by atoms with van der Waals surface area (Å²) in [7, 11) is 4.07. The van der Waals surface area contributed by atoms with E-state index in [0.717, 1.165) is 36.5 Å². The first-order valence-electron chi connectivity index (χ1n) is 8.65. The van der Waals surface area contributed by atoms with Crippen LogP contribution in [0, 0.1) is 0 Å². The van der Waals surface area contributed by atoms with Crippen LogP contribution in [0.15, 0.2) is 48.5 Å². The Labute approximate surface area is 160 Å². The zero-order chi connectivity index (χ0) is 18.8. The van der Waals surface area contributed by atoms with Crippen molar-refractivity contribution in [3.63, 3.8) is 0 Å². The Hall–Kier alpha value is -2.08. The Morgan fingerprint density at radius 2 is 1.77 bits per heavy atom. The molecule has 2 aromatic rings. The molecule has 6 heteroatoms. The van der Waals surface area contributed by atoms with Crippen molar-refractivity contribution < 1.29 is 9.53 Å². The summed E-state index contributed by atoms with van der Waals surface area (Å²) in [5, 5.41) is 6.72. The quantitative estimate of drug-likeness (QED) is 0.625. The summed E-state index contributed by atoms with van der Waals surface area (Å²) in [5.41, 5.74) is 1.80. The largest absolute Gasteiger partial charge is 0.489 e. The van der Waals surface area contributed by atoms with Gasteiger partial charge in [0.25, 0.3) is 0 Å². The average Bonchev–Trinajstić information content (AvgIpc) is 2.62. The van der Waals surface area contributed by atoms with Crippen LogP contribution in [-0.2, 0) is 11.4 Å². The van der Waals surface area contributed by atoms with Crippen LogP contribution in [0.3, 0.4) is 0 Å². The van der Waals surface area contributed by atoms with Crippen LogP contribution >= 0.6 is 11.6 Å². The summed E-state index contributed by atoms with van der Waals surface area (Å²) in [6.45, 7) is 2.61. The summed E-state index contributed by atoms with van der Waals surface area (Å²) in [5.74, 6) is 0.699. The molecule has 0 aromatic heterocycles. The molecule has 1 amide bonds. The fraction of sp³-hybridized carbons (Fsp3) is 0.350. The van der Waals surface area contributed by atoms with Gasteiger partial charge in [-0.2, -0.15) is 0 Å². The molecule has 0 radical (unpaired) electrons. The van der Waals surface area contributed by atoms with E-state index in [0.29, 0.717) is 18.2 Å². The molecule has 2 aromatic carbocycles. The molecule has 2 rings (SSSR count). The molecule has 0 unspecified atom stereocenters. The van der Waals surface area contributed by atoms with Crippen molar-refractivity contribution in [1.82, 2.24) is 10.2 Å².